The molecular formula is C21H22N2O2. The fourth-order valence-corrected chi connectivity index (χ4v) is 3.24. The molecule has 2 aromatic carbocycles. The van der Waals surface area contributed by atoms with Crippen molar-refractivity contribution in [3.05, 3.63) is 78.1 Å². The van der Waals surface area contributed by atoms with Gasteiger partial charge in [-0.15, -0.1) is 0 Å². The lowest BCUT2D eigenvalue weighted by atomic mass is 10.2. The van der Waals surface area contributed by atoms with Crippen LogP contribution in [0.4, 0.5) is 5.69 Å². The van der Waals surface area contributed by atoms with Crippen molar-refractivity contribution >= 4 is 5.69 Å². The molecule has 1 saturated heterocycles. The number of anilines is 1. The van der Waals surface area contributed by atoms with E-state index in [4.69, 9.17) is 9.47 Å². The third kappa shape index (κ3) is 3.13. The van der Waals surface area contributed by atoms with Crippen molar-refractivity contribution in [1.82, 2.24) is 4.57 Å². The monoisotopic (exact) mass is 334 g/mol. The van der Waals surface area contributed by atoms with Gasteiger partial charge >= 0.3 is 0 Å². The number of ether oxygens (including phenoxy) is 2. The summed E-state index contributed by atoms with van der Waals surface area (Å²) >= 11 is 0. The first kappa shape index (κ1) is 15.8. The molecule has 1 aliphatic heterocycles. The van der Waals surface area contributed by atoms with Crippen molar-refractivity contribution in [3.63, 3.8) is 0 Å². The molecule has 0 N–H and O–H groups in total. The molecule has 1 aliphatic rings. The summed E-state index contributed by atoms with van der Waals surface area (Å²) in [5, 5.41) is 0. The minimum absolute atomic E-state index is 0.0706. The molecule has 2 heterocycles. The Morgan fingerprint density at radius 3 is 2.68 bits per heavy atom. The maximum atomic E-state index is 6.02. The Morgan fingerprint density at radius 2 is 1.88 bits per heavy atom. The van der Waals surface area contributed by atoms with Gasteiger partial charge < -0.3 is 18.9 Å². The topological polar surface area (TPSA) is 26.6 Å². The third-order valence-electron chi connectivity index (χ3n) is 4.61. The number of aromatic nitrogens is 1. The minimum atomic E-state index is -0.0706. The molecule has 1 atom stereocenters. The highest BCUT2D eigenvalue weighted by molar-refractivity contribution is 5.53. The van der Waals surface area contributed by atoms with Crippen LogP contribution in [0.15, 0.2) is 67.0 Å². The third-order valence-corrected chi connectivity index (χ3v) is 4.61. The van der Waals surface area contributed by atoms with Crippen LogP contribution in [0.1, 0.15) is 17.4 Å². The summed E-state index contributed by atoms with van der Waals surface area (Å²) in [5.74, 6) is 0.861. The molecule has 0 saturated carbocycles. The fraction of sp³-hybridized carbons (Fsp3) is 0.238. The van der Waals surface area contributed by atoms with Crippen LogP contribution in [0.25, 0.3) is 5.69 Å². The van der Waals surface area contributed by atoms with Crippen molar-refractivity contribution < 1.29 is 9.47 Å². The predicted octanol–water partition coefficient (Wildman–Crippen LogP) is 4.33. The van der Waals surface area contributed by atoms with E-state index in [9.17, 15) is 0 Å². The van der Waals surface area contributed by atoms with E-state index in [1.165, 1.54) is 5.56 Å². The average Bonchev–Trinajstić information content (AvgIpc) is 3.31. The number of nitrogens with zero attached hydrogens (tertiary/aromatic N) is 2. The molecule has 0 radical (unpaired) electrons. The van der Waals surface area contributed by atoms with Gasteiger partial charge in [0.15, 0.2) is 6.23 Å². The van der Waals surface area contributed by atoms with Crippen molar-refractivity contribution in [3.8, 4) is 11.4 Å². The molecule has 4 rings (SSSR count). The van der Waals surface area contributed by atoms with E-state index in [2.05, 4.69) is 71.2 Å². The number of benzene rings is 2. The Bertz CT molecular complexity index is 854. The number of hydrogen-bond donors (Lipinski definition) is 0. The molecule has 1 aromatic heterocycles. The Hall–Kier alpha value is -2.72. The zero-order chi connectivity index (χ0) is 17.2. The molecule has 1 fully saturated rings. The molecule has 0 spiro atoms. The summed E-state index contributed by atoms with van der Waals surface area (Å²) in [6, 6.07) is 18.8. The summed E-state index contributed by atoms with van der Waals surface area (Å²) < 4.78 is 13.5. The number of hydrogen-bond acceptors (Lipinski definition) is 3. The van der Waals surface area contributed by atoms with Gasteiger partial charge in [0.25, 0.3) is 0 Å². The molecule has 4 heteroatoms. The van der Waals surface area contributed by atoms with Gasteiger partial charge in [0, 0.05) is 41.9 Å². The Kier molecular flexibility index (Phi) is 4.20. The maximum Gasteiger partial charge on any atom is 0.158 e. The second-order valence-corrected chi connectivity index (χ2v) is 6.31. The van der Waals surface area contributed by atoms with Gasteiger partial charge in [0.2, 0.25) is 0 Å². The van der Waals surface area contributed by atoms with E-state index < -0.39 is 0 Å². The van der Waals surface area contributed by atoms with Gasteiger partial charge in [-0.1, -0.05) is 23.8 Å². The lowest BCUT2D eigenvalue weighted by molar-refractivity contribution is 0.114. The smallest absolute Gasteiger partial charge is 0.158 e. The van der Waals surface area contributed by atoms with E-state index in [-0.39, 0.29) is 6.23 Å². The van der Waals surface area contributed by atoms with Crippen molar-refractivity contribution in [2.75, 3.05) is 25.2 Å². The number of rotatable bonds is 4. The summed E-state index contributed by atoms with van der Waals surface area (Å²) in [6.45, 7) is 3.69. The summed E-state index contributed by atoms with van der Waals surface area (Å²) in [7, 11) is 1.69. The molecule has 3 aromatic rings. The molecule has 1 unspecified atom stereocenters. The zero-order valence-electron chi connectivity index (χ0n) is 14.6. The second-order valence-electron chi connectivity index (χ2n) is 6.31. The molecule has 0 amide bonds. The lowest BCUT2D eigenvalue weighted by Gasteiger charge is -2.25. The van der Waals surface area contributed by atoms with Gasteiger partial charge in [-0.2, -0.15) is 0 Å². The van der Waals surface area contributed by atoms with Crippen LogP contribution in [0.5, 0.6) is 5.75 Å². The molecule has 128 valence electrons. The lowest BCUT2D eigenvalue weighted by Crippen LogP contribution is -2.22. The number of aryl methyl sites for hydroxylation is 1. The first-order valence-corrected chi connectivity index (χ1v) is 8.52. The first-order valence-electron chi connectivity index (χ1n) is 8.52. The molecule has 0 bridgehead atoms. The van der Waals surface area contributed by atoms with Gasteiger partial charge in [-0.05, 0) is 37.3 Å². The van der Waals surface area contributed by atoms with E-state index >= 15 is 0 Å². The van der Waals surface area contributed by atoms with Crippen LogP contribution >= 0.6 is 0 Å². The van der Waals surface area contributed by atoms with Gasteiger partial charge in [-0.3, -0.25) is 0 Å². The predicted molar refractivity (Wildman–Crippen MR) is 99.5 cm³/mol. The van der Waals surface area contributed by atoms with Gasteiger partial charge in [0.1, 0.15) is 5.75 Å². The summed E-state index contributed by atoms with van der Waals surface area (Å²) in [5.41, 5.74) is 4.69. The molecule has 0 aliphatic carbocycles. The minimum Gasteiger partial charge on any atom is -0.497 e. The van der Waals surface area contributed by atoms with Crippen LogP contribution in [-0.2, 0) is 4.74 Å². The van der Waals surface area contributed by atoms with Crippen molar-refractivity contribution in [1.29, 1.82) is 0 Å². The largest absolute Gasteiger partial charge is 0.497 e. The van der Waals surface area contributed by atoms with Gasteiger partial charge in [-0.25, -0.2) is 0 Å². The Labute approximate surface area is 148 Å². The average molecular weight is 334 g/mol. The van der Waals surface area contributed by atoms with Gasteiger partial charge in [0.05, 0.1) is 13.7 Å². The second kappa shape index (κ2) is 6.65. The standard InChI is InChI=1S/C21H22N2O2/c1-16-6-8-18(9-7-16)22-11-10-17(15-22)21-23(12-13-25-21)19-4-3-5-20(14-19)24-2/h3-11,14-15,21H,12-13H2,1-2H3. The summed E-state index contributed by atoms with van der Waals surface area (Å²) in [6.07, 6.45) is 4.16. The Balaban J connectivity index is 1.61. The fourth-order valence-electron chi connectivity index (χ4n) is 3.24. The van der Waals surface area contributed by atoms with Crippen molar-refractivity contribution in [2.24, 2.45) is 0 Å². The quantitative estimate of drug-likeness (QED) is 0.710. The van der Waals surface area contributed by atoms with Crippen LogP contribution in [0.3, 0.4) is 0 Å². The summed E-state index contributed by atoms with van der Waals surface area (Å²) in [4.78, 5) is 2.28. The SMILES string of the molecule is COc1cccc(N2CCOC2c2ccn(-c3ccc(C)cc3)c2)c1. The highest BCUT2D eigenvalue weighted by Crippen LogP contribution is 2.34. The zero-order valence-corrected chi connectivity index (χ0v) is 14.6. The maximum absolute atomic E-state index is 6.02. The Morgan fingerprint density at radius 1 is 1.04 bits per heavy atom. The highest BCUT2D eigenvalue weighted by atomic mass is 16.5. The van der Waals surface area contributed by atoms with Crippen molar-refractivity contribution in [2.45, 2.75) is 13.2 Å². The van der Waals surface area contributed by atoms with E-state index in [1.807, 2.05) is 12.1 Å². The van der Waals surface area contributed by atoms with E-state index in [0.29, 0.717) is 0 Å². The molecule has 25 heavy (non-hydrogen) atoms. The first-order chi connectivity index (χ1) is 12.2. The number of methoxy groups -OCH3 is 1. The van der Waals surface area contributed by atoms with E-state index in [1.54, 1.807) is 7.11 Å². The normalized spacial score (nSPS) is 17.0. The molecular weight excluding hydrogens is 312 g/mol. The van der Waals surface area contributed by atoms with Crippen LogP contribution < -0.4 is 9.64 Å². The van der Waals surface area contributed by atoms with Crippen LogP contribution in [0.2, 0.25) is 0 Å². The highest BCUT2D eigenvalue weighted by Gasteiger charge is 2.28. The van der Waals surface area contributed by atoms with E-state index in [0.717, 1.165) is 35.8 Å². The molecule has 4 nitrogen and oxygen atoms in total. The van der Waals surface area contributed by atoms with Crippen LogP contribution in [0, 0.1) is 6.92 Å². The van der Waals surface area contributed by atoms with Crippen LogP contribution in [-0.4, -0.2) is 24.8 Å².